The largest absolute Gasteiger partial charge is 0.508 e. The number of hydrogen-bond acceptors (Lipinski definition) is 8. The molecule has 1 fully saturated rings. The molecule has 0 aromatic heterocycles. The van der Waals surface area contributed by atoms with E-state index in [0.717, 1.165) is 5.56 Å². The summed E-state index contributed by atoms with van der Waals surface area (Å²) in [5.74, 6) is -4.53. The van der Waals surface area contributed by atoms with Crippen LogP contribution in [0.4, 0.5) is 0 Å². The van der Waals surface area contributed by atoms with Gasteiger partial charge in [0.15, 0.2) is 0 Å². The van der Waals surface area contributed by atoms with Crippen molar-refractivity contribution in [1.82, 2.24) is 15.5 Å². The molecule has 0 spiro atoms. The van der Waals surface area contributed by atoms with Crippen LogP contribution in [0.1, 0.15) is 36.8 Å². The highest BCUT2D eigenvalue weighted by atomic mass is 16.4. The molecular weight excluding hydrogens is 536 g/mol. The Hall–Kier alpha value is -4.65. The van der Waals surface area contributed by atoms with Gasteiger partial charge in [-0.25, -0.2) is 4.79 Å². The van der Waals surface area contributed by atoms with Crippen molar-refractivity contribution in [3.8, 4) is 11.5 Å². The molecule has 1 heterocycles. The van der Waals surface area contributed by atoms with Gasteiger partial charge in [0.2, 0.25) is 17.7 Å². The predicted octanol–water partition coefficient (Wildman–Crippen LogP) is 0.120. The van der Waals surface area contributed by atoms with Crippen molar-refractivity contribution in [3.05, 3.63) is 59.7 Å². The van der Waals surface area contributed by atoms with Crippen molar-refractivity contribution in [2.24, 2.45) is 5.73 Å². The first kappa shape index (κ1) is 30.9. The molecule has 0 radical (unpaired) electrons. The quantitative estimate of drug-likeness (QED) is 0.172. The van der Waals surface area contributed by atoms with Crippen molar-refractivity contribution in [1.29, 1.82) is 0 Å². The number of nitrogens with two attached hydrogens (primary N) is 1. The lowest BCUT2D eigenvalue weighted by atomic mass is 10.0. The van der Waals surface area contributed by atoms with Gasteiger partial charge in [-0.2, -0.15) is 0 Å². The fourth-order valence-corrected chi connectivity index (χ4v) is 4.63. The van der Waals surface area contributed by atoms with Gasteiger partial charge in [0.05, 0.1) is 6.04 Å². The van der Waals surface area contributed by atoms with Gasteiger partial charge in [-0.1, -0.05) is 24.3 Å². The number of phenolic OH excluding ortho intramolecular Hbond substituents is 2. The normalized spacial score (nSPS) is 16.8. The fraction of sp³-hybridized carbons (Fsp3) is 0.393. The highest BCUT2D eigenvalue weighted by Crippen LogP contribution is 2.20. The Bertz CT molecular complexity index is 1250. The minimum absolute atomic E-state index is 0.0122. The van der Waals surface area contributed by atoms with Crippen LogP contribution in [0.3, 0.4) is 0 Å². The summed E-state index contributed by atoms with van der Waals surface area (Å²) >= 11 is 0. The number of aliphatic carboxylic acids is 2. The summed E-state index contributed by atoms with van der Waals surface area (Å²) in [5, 5.41) is 42.5. The van der Waals surface area contributed by atoms with E-state index in [1.165, 1.54) is 41.3 Å². The second-order valence-corrected chi connectivity index (χ2v) is 9.93. The number of phenols is 2. The monoisotopic (exact) mass is 570 g/mol. The molecule has 2 aromatic carbocycles. The second-order valence-electron chi connectivity index (χ2n) is 9.93. The van der Waals surface area contributed by atoms with Gasteiger partial charge in [-0.05, 0) is 61.1 Å². The zero-order valence-corrected chi connectivity index (χ0v) is 22.2. The number of nitrogens with one attached hydrogen (secondary N) is 2. The number of hydrogen-bond donors (Lipinski definition) is 7. The van der Waals surface area contributed by atoms with Crippen LogP contribution in [0.15, 0.2) is 48.5 Å². The van der Waals surface area contributed by atoms with Crippen molar-refractivity contribution in [2.75, 3.05) is 6.54 Å². The highest BCUT2D eigenvalue weighted by molar-refractivity contribution is 5.94. The number of nitrogens with zero attached hydrogens (tertiary/aromatic N) is 1. The summed E-state index contributed by atoms with van der Waals surface area (Å²) in [5.41, 5.74) is 7.37. The van der Waals surface area contributed by atoms with Crippen molar-refractivity contribution < 1.29 is 44.4 Å². The predicted molar refractivity (Wildman–Crippen MR) is 145 cm³/mol. The van der Waals surface area contributed by atoms with E-state index in [1.54, 1.807) is 12.1 Å². The minimum atomic E-state index is -1.39. The molecule has 4 atom stereocenters. The van der Waals surface area contributed by atoms with Gasteiger partial charge >= 0.3 is 11.9 Å². The summed E-state index contributed by atoms with van der Waals surface area (Å²) in [4.78, 5) is 63.8. The maximum Gasteiger partial charge on any atom is 0.326 e. The van der Waals surface area contributed by atoms with Crippen molar-refractivity contribution in [2.45, 2.75) is 62.7 Å². The molecular formula is C28H34N4O9. The molecule has 1 aliphatic rings. The molecule has 3 amide bonds. The number of carbonyl (C=O) groups excluding carboxylic acids is 3. The van der Waals surface area contributed by atoms with Crippen LogP contribution >= 0.6 is 0 Å². The van der Waals surface area contributed by atoms with Gasteiger partial charge in [0.1, 0.15) is 29.6 Å². The third-order valence-corrected chi connectivity index (χ3v) is 6.82. The van der Waals surface area contributed by atoms with Crippen LogP contribution < -0.4 is 16.4 Å². The number of carbonyl (C=O) groups is 5. The molecule has 1 saturated heterocycles. The Morgan fingerprint density at radius 1 is 0.854 bits per heavy atom. The zero-order chi connectivity index (χ0) is 30.1. The van der Waals surface area contributed by atoms with Crippen LogP contribution in [0, 0.1) is 0 Å². The molecule has 41 heavy (non-hydrogen) atoms. The summed E-state index contributed by atoms with van der Waals surface area (Å²) in [7, 11) is 0. The summed E-state index contributed by atoms with van der Waals surface area (Å²) in [6.45, 7) is 0.264. The number of carboxylic acid groups (broad SMARTS) is 2. The molecule has 1 aliphatic heterocycles. The number of likely N-dealkylation sites (tertiary alicyclic amines) is 1. The van der Waals surface area contributed by atoms with Crippen LogP contribution in [0.25, 0.3) is 0 Å². The summed E-state index contributed by atoms with van der Waals surface area (Å²) in [6.07, 6.45) is 0.0825. The first-order chi connectivity index (χ1) is 19.4. The Balaban J connectivity index is 1.68. The van der Waals surface area contributed by atoms with E-state index in [9.17, 15) is 39.3 Å². The van der Waals surface area contributed by atoms with Gasteiger partial charge in [-0.15, -0.1) is 0 Å². The van der Waals surface area contributed by atoms with Gasteiger partial charge < -0.3 is 41.7 Å². The molecule has 3 rings (SSSR count). The molecule has 220 valence electrons. The second kappa shape index (κ2) is 14.1. The average Bonchev–Trinajstić information content (AvgIpc) is 3.42. The molecule has 0 bridgehead atoms. The Labute approximate surface area is 236 Å². The van der Waals surface area contributed by atoms with Crippen molar-refractivity contribution >= 4 is 29.7 Å². The molecule has 13 heteroatoms. The molecule has 2 aromatic rings. The zero-order valence-electron chi connectivity index (χ0n) is 22.2. The average molecular weight is 571 g/mol. The van der Waals surface area contributed by atoms with Gasteiger partial charge in [-0.3, -0.25) is 19.2 Å². The van der Waals surface area contributed by atoms with E-state index >= 15 is 0 Å². The SMILES string of the molecule is NC(Cc1ccc(O)cc1)C(=O)N1CCCC1C(=O)NC(CCC(=O)O)C(=O)NC(Cc1ccc(O)cc1)C(=O)O. The summed E-state index contributed by atoms with van der Waals surface area (Å²) in [6, 6.07) is 7.29. The van der Waals surface area contributed by atoms with Crippen LogP contribution in [0.2, 0.25) is 0 Å². The first-order valence-corrected chi connectivity index (χ1v) is 13.1. The highest BCUT2D eigenvalue weighted by Gasteiger charge is 2.38. The lowest BCUT2D eigenvalue weighted by Crippen LogP contribution is -2.57. The van der Waals surface area contributed by atoms with E-state index < -0.39 is 60.2 Å². The maximum absolute atomic E-state index is 13.2. The Morgan fingerprint density at radius 2 is 1.41 bits per heavy atom. The molecule has 13 nitrogen and oxygen atoms in total. The number of amides is 3. The van der Waals surface area contributed by atoms with Crippen LogP contribution in [-0.4, -0.2) is 85.7 Å². The van der Waals surface area contributed by atoms with E-state index in [-0.39, 0.29) is 37.3 Å². The first-order valence-electron chi connectivity index (χ1n) is 13.1. The lowest BCUT2D eigenvalue weighted by Gasteiger charge is -2.28. The number of rotatable bonds is 13. The number of aromatic hydroxyl groups is 2. The minimum Gasteiger partial charge on any atom is -0.508 e. The smallest absolute Gasteiger partial charge is 0.326 e. The van der Waals surface area contributed by atoms with Gasteiger partial charge in [0.25, 0.3) is 0 Å². The topological polar surface area (TPSA) is 220 Å². The number of benzene rings is 2. The fourth-order valence-electron chi connectivity index (χ4n) is 4.63. The standard InChI is InChI=1S/C28H34N4O9/c29-20(14-16-3-7-18(33)8-4-16)27(39)32-13-1-2-23(32)26(38)30-21(11-12-24(35)36)25(37)31-22(28(40)41)15-17-5-9-19(34)10-6-17/h3-10,20-23,33-34H,1-2,11-15,29H2,(H,30,38)(H,31,37)(H,35,36)(H,40,41). The maximum atomic E-state index is 13.2. The third-order valence-electron chi connectivity index (χ3n) is 6.82. The van der Waals surface area contributed by atoms with E-state index in [4.69, 9.17) is 10.8 Å². The van der Waals surface area contributed by atoms with Gasteiger partial charge in [0, 0.05) is 19.4 Å². The molecule has 8 N–H and O–H groups in total. The van der Waals surface area contributed by atoms with E-state index in [2.05, 4.69) is 10.6 Å². The third kappa shape index (κ3) is 8.93. The van der Waals surface area contributed by atoms with Crippen LogP contribution in [0.5, 0.6) is 11.5 Å². The Kier molecular flexibility index (Phi) is 10.6. The van der Waals surface area contributed by atoms with E-state index in [0.29, 0.717) is 18.4 Å². The van der Waals surface area contributed by atoms with E-state index in [1.807, 2.05) is 0 Å². The molecule has 4 unspecified atom stereocenters. The Morgan fingerprint density at radius 3 is 1.95 bits per heavy atom. The number of carboxylic acids is 2. The van der Waals surface area contributed by atoms with Crippen LogP contribution in [-0.2, 0) is 36.8 Å². The molecule has 0 aliphatic carbocycles. The van der Waals surface area contributed by atoms with Crippen molar-refractivity contribution in [3.63, 3.8) is 0 Å². The lowest BCUT2D eigenvalue weighted by molar-refractivity contribution is -0.143. The summed E-state index contributed by atoms with van der Waals surface area (Å²) < 4.78 is 0. The molecule has 0 saturated carbocycles.